The highest BCUT2D eigenvalue weighted by molar-refractivity contribution is 5.72. The van der Waals surface area contributed by atoms with Crippen LogP contribution in [0, 0.1) is 5.41 Å². The summed E-state index contributed by atoms with van der Waals surface area (Å²) in [5.41, 5.74) is 4.78. The Bertz CT molecular complexity index is 771. The molecule has 29 heavy (non-hydrogen) atoms. The summed E-state index contributed by atoms with van der Waals surface area (Å²) in [6, 6.07) is 7.25. The second kappa shape index (κ2) is 7.72. The van der Waals surface area contributed by atoms with Gasteiger partial charge in [-0.15, -0.1) is 0 Å². The SMILES string of the molecule is CCCCC1CCCC2(CCc3cc([C@H]4CC[C@]5(COC(=O)C5)C4)ccc3C2)O1. The molecule has 2 heterocycles. The first-order valence-corrected chi connectivity index (χ1v) is 12.0. The highest BCUT2D eigenvalue weighted by Gasteiger charge is 2.46. The standard InChI is InChI=1S/C26H36O3/c1-2-3-5-23-6-4-11-26(29-23)13-10-20-14-19(7-8-21(20)16-26)22-9-12-25(15-22)17-24(27)28-18-25/h7-8,14,22-23H,2-6,9-13,15-18H2,1H3/t22-,23?,25-,26?/m0/s1. The lowest BCUT2D eigenvalue weighted by atomic mass is 9.74. The molecule has 2 aliphatic heterocycles. The summed E-state index contributed by atoms with van der Waals surface area (Å²) in [7, 11) is 0. The van der Waals surface area contributed by atoms with Crippen LogP contribution in [0.3, 0.4) is 0 Å². The van der Waals surface area contributed by atoms with Crippen LogP contribution in [-0.2, 0) is 27.1 Å². The molecule has 1 saturated carbocycles. The fourth-order valence-electron chi connectivity index (χ4n) is 6.60. The van der Waals surface area contributed by atoms with E-state index >= 15 is 0 Å². The highest BCUT2D eigenvalue weighted by Crippen LogP contribution is 2.52. The van der Waals surface area contributed by atoms with E-state index in [1.165, 1.54) is 62.5 Å². The molecule has 3 heteroatoms. The van der Waals surface area contributed by atoms with Gasteiger partial charge in [-0.25, -0.2) is 0 Å². The smallest absolute Gasteiger partial charge is 0.306 e. The van der Waals surface area contributed by atoms with Crippen LogP contribution in [0.1, 0.15) is 100 Å². The first-order valence-electron chi connectivity index (χ1n) is 12.0. The van der Waals surface area contributed by atoms with E-state index in [1.807, 2.05) is 0 Å². The molecule has 0 amide bonds. The van der Waals surface area contributed by atoms with Gasteiger partial charge in [0, 0.05) is 11.8 Å². The molecule has 0 aromatic heterocycles. The third-order valence-corrected chi connectivity index (χ3v) is 8.28. The number of cyclic esters (lactones) is 1. The average molecular weight is 397 g/mol. The van der Waals surface area contributed by atoms with Gasteiger partial charge < -0.3 is 9.47 Å². The second-order valence-corrected chi connectivity index (χ2v) is 10.4. The third kappa shape index (κ3) is 3.87. The Morgan fingerprint density at radius 1 is 1.10 bits per heavy atom. The Kier molecular flexibility index (Phi) is 5.22. The van der Waals surface area contributed by atoms with Crippen molar-refractivity contribution in [2.75, 3.05) is 6.61 Å². The predicted molar refractivity (Wildman–Crippen MR) is 114 cm³/mol. The van der Waals surface area contributed by atoms with E-state index in [0.717, 1.165) is 25.7 Å². The van der Waals surface area contributed by atoms with Gasteiger partial charge in [0.15, 0.2) is 0 Å². The maximum Gasteiger partial charge on any atom is 0.306 e. The molecule has 4 aliphatic rings. The molecule has 5 rings (SSSR count). The number of rotatable bonds is 4. The van der Waals surface area contributed by atoms with Crippen molar-refractivity contribution in [3.63, 3.8) is 0 Å². The van der Waals surface area contributed by atoms with Crippen molar-refractivity contribution in [1.82, 2.24) is 0 Å². The summed E-state index contributed by atoms with van der Waals surface area (Å²) >= 11 is 0. The van der Waals surface area contributed by atoms with Crippen molar-refractivity contribution in [3.8, 4) is 0 Å². The number of esters is 1. The van der Waals surface area contributed by atoms with Gasteiger partial charge in [-0.05, 0) is 80.4 Å². The largest absolute Gasteiger partial charge is 0.465 e. The lowest BCUT2D eigenvalue weighted by Crippen LogP contribution is -2.45. The minimum absolute atomic E-state index is 0.00566. The molecule has 2 aliphatic carbocycles. The number of unbranched alkanes of at least 4 members (excludes halogenated alkanes) is 1. The summed E-state index contributed by atoms with van der Waals surface area (Å²) in [6.07, 6.45) is 15.6. The Labute approximate surface area is 175 Å². The number of hydrogen-bond acceptors (Lipinski definition) is 3. The van der Waals surface area contributed by atoms with Crippen molar-refractivity contribution in [3.05, 3.63) is 34.9 Å². The fraction of sp³-hybridized carbons (Fsp3) is 0.731. The molecule has 1 aromatic rings. The van der Waals surface area contributed by atoms with Crippen molar-refractivity contribution < 1.29 is 14.3 Å². The quantitative estimate of drug-likeness (QED) is 0.597. The van der Waals surface area contributed by atoms with E-state index in [4.69, 9.17) is 9.47 Å². The molecule has 2 unspecified atom stereocenters. The predicted octanol–water partition coefficient (Wildman–Crippen LogP) is 5.87. The topological polar surface area (TPSA) is 35.5 Å². The first-order chi connectivity index (χ1) is 14.1. The molecule has 2 spiro atoms. The summed E-state index contributed by atoms with van der Waals surface area (Å²) in [5.74, 6) is 0.598. The molecule has 0 N–H and O–H groups in total. The lowest BCUT2D eigenvalue weighted by molar-refractivity contribution is -0.138. The van der Waals surface area contributed by atoms with Gasteiger partial charge >= 0.3 is 5.97 Å². The first kappa shape index (κ1) is 19.6. The number of benzene rings is 1. The summed E-state index contributed by atoms with van der Waals surface area (Å²) in [6.45, 7) is 2.92. The fourth-order valence-corrected chi connectivity index (χ4v) is 6.60. The van der Waals surface area contributed by atoms with E-state index < -0.39 is 0 Å². The molecule has 158 valence electrons. The summed E-state index contributed by atoms with van der Waals surface area (Å²) < 4.78 is 12.0. The molecule has 1 aromatic carbocycles. The van der Waals surface area contributed by atoms with Crippen LogP contribution >= 0.6 is 0 Å². The Morgan fingerprint density at radius 3 is 2.86 bits per heavy atom. The Balaban J connectivity index is 1.27. The van der Waals surface area contributed by atoms with Crippen LogP contribution in [0.4, 0.5) is 0 Å². The Morgan fingerprint density at radius 2 is 2.03 bits per heavy atom. The lowest BCUT2D eigenvalue weighted by Gasteiger charge is -2.44. The number of aryl methyl sites for hydroxylation is 1. The van der Waals surface area contributed by atoms with E-state index in [2.05, 4.69) is 25.1 Å². The van der Waals surface area contributed by atoms with Gasteiger partial charge in [-0.3, -0.25) is 4.79 Å². The zero-order valence-corrected chi connectivity index (χ0v) is 18.0. The van der Waals surface area contributed by atoms with Crippen LogP contribution in [0.5, 0.6) is 0 Å². The molecule has 0 radical (unpaired) electrons. The van der Waals surface area contributed by atoms with E-state index in [0.29, 0.717) is 25.0 Å². The highest BCUT2D eigenvalue weighted by atomic mass is 16.5. The van der Waals surface area contributed by atoms with Crippen molar-refractivity contribution in [2.24, 2.45) is 5.41 Å². The van der Waals surface area contributed by atoms with Gasteiger partial charge in [0.2, 0.25) is 0 Å². The maximum atomic E-state index is 11.6. The van der Waals surface area contributed by atoms with Gasteiger partial charge in [-0.2, -0.15) is 0 Å². The van der Waals surface area contributed by atoms with E-state index in [9.17, 15) is 4.79 Å². The maximum absolute atomic E-state index is 11.6. The van der Waals surface area contributed by atoms with Crippen LogP contribution in [-0.4, -0.2) is 24.3 Å². The van der Waals surface area contributed by atoms with Crippen molar-refractivity contribution in [1.29, 1.82) is 0 Å². The molecule has 3 fully saturated rings. The minimum Gasteiger partial charge on any atom is -0.465 e. The number of carbonyl (C=O) groups is 1. The number of hydrogen-bond donors (Lipinski definition) is 0. The monoisotopic (exact) mass is 396 g/mol. The number of carbonyl (C=O) groups excluding carboxylic acids is 1. The second-order valence-electron chi connectivity index (χ2n) is 10.4. The molecule has 4 atom stereocenters. The zero-order valence-electron chi connectivity index (χ0n) is 18.0. The van der Waals surface area contributed by atoms with Crippen LogP contribution in [0.15, 0.2) is 18.2 Å². The summed E-state index contributed by atoms with van der Waals surface area (Å²) in [4.78, 5) is 11.6. The molecule has 0 bridgehead atoms. The molecular weight excluding hydrogens is 360 g/mol. The number of fused-ring (bicyclic) bond motifs is 1. The molecule has 2 saturated heterocycles. The van der Waals surface area contributed by atoms with Gasteiger partial charge in [0.1, 0.15) is 0 Å². The Hall–Kier alpha value is -1.35. The van der Waals surface area contributed by atoms with Gasteiger partial charge in [-0.1, -0.05) is 38.0 Å². The van der Waals surface area contributed by atoms with Gasteiger partial charge in [0.25, 0.3) is 0 Å². The molecule has 3 nitrogen and oxygen atoms in total. The van der Waals surface area contributed by atoms with E-state index in [-0.39, 0.29) is 17.0 Å². The van der Waals surface area contributed by atoms with Gasteiger partial charge in [0.05, 0.1) is 24.7 Å². The average Bonchev–Trinajstić information content (AvgIpc) is 3.31. The van der Waals surface area contributed by atoms with Crippen molar-refractivity contribution in [2.45, 2.75) is 108 Å². The van der Waals surface area contributed by atoms with Crippen LogP contribution in [0.25, 0.3) is 0 Å². The van der Waals surface area contributed by atoms with Crippen LogP contribution in [0.2, 0.25) is 0 Å². The third-order valence-electron chi connectivity index (χ3n) is 8.28. The van der Waals surface area contributed by atoms with Crippen LogP contribution < -0.4 is 0 Å². The number of ether oxygens (including phenoxy) is 2. The minimum atomic E-state index is 0.00566. The molecular formula is C26H36O3. The van der Waals surface area contributed by atoms with Crippen molar-refractivity contribution >= 4 is 5.97 Å². The van der Waals surface area contributed by atoms with E-state index in [1.54, 1.807) is 5.56 Å². The normalized spacial score (nSPS) is 36.5. The summed E-state index contributed by atoms with van der Waals surface area (Å²) in [5, 5.41) is 0. The zero-order chi connectivity index (χ0) is 19.9.